The number of nitrogens with one attached hydrogen (secondary N) is 1. The third kappa shape index (κ3) is 6.01. The van der Waals surface area contributed by atoms with Gasteiger partial charge in [0, 0.05) is 0 Å². The highest BCUT2D eigenvalue weighted by Crippen LogP contribution is 2.31. The van der Waals surface area contributed by atoms with Crippen LogP contribution in [0.2, 0.25) is 0 Å². The average Bonchev–Trinajstić information content (AvgIpc) is 2.73. The van der Waals surface area contributed by atoms with Crippen LogP contribution in [0.1, 0.15) is 17.3 Å². The number of esters is 1. The van der Waals surface area contributed by atoms with Crippen LogP contribution in [0.4, 0.5) is 20.2 Å². The van der Waals surface area contributed by atoms with E-state index < -0.39 is 35.2 Å². The summed E-state index contributed by atoms with van der Waals surface area (Å²) in [6.07, 6.45) is -1.34. The van der Waals surface area contributed by atoms with Gasteiger partial charge >= 0.3 is 12.6 Å². The Labute approximate surface area is 174 Å². The van der Waals surface area contributed by atoms with Crippen LogP contribution in [0.25, 0.3) is 0 Å². The number of nitrogens with zero attached hydrogens (tertiary/aromatic N) is 1. The van der Waals surface area contributed by atoms with Crippen LogP contribution in [-0.4, -0.2) is 43.7 Å². The second-order valence-corrected chi connectivity index (χ2v) is 5.92. The minimum Gasteiger partial charge on any atom is -0.496 e. The maximum atomic E-state index is 12.4. The van der Waals surface area contributed by atoms with E-state index in [4.69, 9.17) is 14.2 Å². The third-order valence-electron chi connectivity index (χ3n) is 3.93. The van der Waals surface area contributed by atoms with Crippen molar-refractivity contribution in [1.82, 2.24) is 0 Å². The minimum atomic E-state index is -3.09. The summed E-state index contributed by atoms with van der Waals surface area (Å²) >= 11 is 0. The smallest absolute Gasteiger partial charge is 0.387 e. The van der Waals surface area contributed by atoms with E-state index in [-0.39, 0.29) is 28.5 Å². The first-order valence-corrected chi connectivity index (χ1v) is 8.63. The van der Waals surface area contributed by atoms with Crippen LogP contribution in [0.15, 0.2) is 36.4 Å². The Morgan fingerprint density at radius 1 is 1.06 bits per heavy atom. The van der Waals surface area contributed by atoms with E-state index in [1.807, 2.05) is 0 Å². The number of nitro benzene ring substituents is 1. The number of carbonyl (C=O) groups excluding carboxylic acids is 2. The van der Waals surface area contributed by atoms with Crippen molar-refractivity contribution >= 4 is 23.3 Å². The van der Waals surface area contributed by atoms with Gasteiger partial charge in [0.1, 0.15) is 11.4 Å². The second-order valence-electron chi connectivity index (χ2n) is 5.92. The van der Waals surface area contributed by atoms with Crippen molar-refractivity contribution in [3.8, 4) is 17.2 Å². The van der Waals surface area contributed by atoms with Crippen molar-refractivity contribution < 1.29 is 42.2 Å². The molecule has 0 aliphatic heterocycles. The van der Waals surface area contributed by atoms with E-state index in [0.717, 1.165) is 24.3 Å². The van der Waals surface area contributed by atoms with E-state index in [0.29, 0.717) is 0 Å². The Hall–Kier alpha value is -3.96. The van der Waals surface area contributed by atoms with Gasteiger partial charge in [0.15, 0.2) is 17.6 Å². The second kappa shape index (κ2) is 10.2. The van der Waals surface area contributed by atoms with Gasteiger partial charge in [-0.05, 0) is 37.3 Å². The topological polar surface area (TPSA) is 126 Å². The molecule has 166 valence electrons. The van der Waals surface area contributed by atoms with Gasteiger partial charge in [0.05, 0.1) is 30.8 Å². The highest BCUT2D eigenvalue weighted by Gasteiger charge is 2.24. The first-order valence-electron chi connectivity index (χ1n) is 8.63. The highest BCUT2D eigenvalue weighted by molar-refractivity contribution is 5.98. The Bertz CT molecular complexity index is 983. The minimum absolute atomic E-state index is 0.0893. The van der Waals surface area contributed by atoms with Gasteiger partial charge in [-0.2, -0.15) is 8.78 Å². The molecule has 0 aromatic heterocycles. The molecule has 0 radical (unpaired) electrons. The third-order valence-corrected chi connectivity index (χ3v) is 3.93. The fraction of sp³-hybridized carbons (Fsp3) is 0.263. The molecule has 0 saturated carbocycles. The summed E-state index contributed by atoms with van der Waals surface area (Å²) in [7, 11) is 2.53. The average molecular weight is 440 g/mol. The van der Waals surface area contributed by atoms with Crippen LogP contribution >= 0.6 is 0 Å². The van der Waals surface area contributed by atoms with Crippen molar-refractivity contribution in [1.29, 1.82) is 0 Å². The number of anilines is 1. The summed E-state index contributed by atoms with van der Waals surface area (Å²) in [5.41, 5.74) is -0.618. The fourth-order valence-electron chi connectivity index (χ4n) is 2.40. The molecule has 2 rings (SSSR count). The molecule has 0 saturated heterocycles. The maximum absolute atomic E-state index is 12.4. The molecule has 31 heavy (non-hydrogen) atoms. The zero-order valence-corrected chi connectivity index (χ0v) is 16.6. The van der Waals surface area contributed by atoms with Gasteiger partial charge in [-0.25, -0.2) is 4.79 Å². The van der Waals surface area contributed by atoms with Crippen LogP contribution in [0, 0.1) is 10.1 Å². The lowest BCUT2D eigenvalue weighted by Gasteiger charge is -2.15. The van der Waals surface area contributed by atoms with E-state index in [1.165, 1.54) is 33.3 Å². The van der Waals surface area contributed by atoms with E-state index >= 15 is 0 Å². The van der Waals surface area contributed by atoms with E-state index in [2.05, 4.69) is 10.1 Å². The van der Waals surface area contributed by atoms with Crippen molar-refractivity contribution in [2.24, 2.45) is 0 Å². The fourth-order valence-corrected chi connectivity index (χ4v) is 2.40. The molecule has 0 aliphatic rings. The van der Waals surface area contributed by atoms with Crippen LogP contribution < -0.4 is 19.5 Å². The first kappa shape index (κ1) is 23.3. The molecule has 1 N–H and O–H groups in total. The summed E-state index contributed by atoms with van der Waals surface area (Å²) in [5, 5.41) is 13.5. The molecule has 10 nitrogen and oxygen atoms in total. The molecule has 2 aromatic carbocycles. The summed E-state index contributed by atoms with van der Waals surface area (Å²) in [6.45, 7) is -1.83. The summed E-state index contributed by atoms with van der Waals surface area (Å²) in [4.78, 5) is 35.1. The number of amides is 1. The normalized spacial score (nSPS) is 11.4. The lowest BCUT2D eigenvalue weighted by atomic mass is 10.2. The number of rotatable bonds is 9. The molecule has 0 bridgehead atoms. The number of ether oxygens (including phenoxy) is 4. The van der Waals surface area contributed by atoms with Crippen molar-refractivity contribution in [2.45, 2.75) is 19.6 Å². The Morgan fingerprint density at radius 2 is 1.77 bits per heavy atom. The Balaban J connectivity index is 2.11. The van der Waals surface area contributed by atoms with Gasteiger partial charge in [-0.15, -0.1) is 0 Å². The Kier molecular flexibility index (Phi) is 7.66. The lowest BCUT2D eigenvalue weighted by molar-refractivity contribution is -0.384. The van der Waals surface area contributed by atoms with Gasteiger partial charge < -0.3 is 24.3 Å². The predicted octanol–water partition coefficient (Wildman–Crippen LogP) is 3.40. The van der Waals surface area contributed by atoms with Gasteiger partial charge in [-0.3, -0.25) is 14.9 Å². The lowest BCUT2D eigenvalue weighted by Crippen LogP contribution is -2.30. The van der Waals surface area contributed by atoms with Gasteiger partial charge in [0.25, 0.3) is 11.6 Å². The molecular weight excluding hydrogens is 422 g/mol. The maximum Gasteiger partial charge on any atom is 0.387 e. The number of hydrogen-bond donors (Lipinski definition) is 1. The highest BCUT2D eigenvalue weighted by atomic mass is 19.3. The summed E-state index contributed by atoms with van der Waals surface area (Å²) in [6, 6.07) is 7.17. The van der Waals surface area contributed by atoms with Crippen molar-refractivity contribution in [2.75, 3.05) is 19.5 Å². The predicted molar refractivity (Wildman–Crippen MR) is 103 cm³/mol. The quantitative estimate of drug-likeness (QED) is 0.357. The SMILES string of the molecule is COc1ccc(NC(=O)C(C)OC(=O)c2ccc(OC(F)F)c(OC)c2)c([N+](=O)[O-])c1. The van der Waals surface area contributed by atoms with Crippen LogP contribution in [-0.2, 0) is 9.53 Å². The number of methoxy groups -OCH3 is 2. The molecule has 0 heterocycles. The molecule has 1 amide bonds. The molecule has 2 aromatic rings. The number of hydrogen-bond acceptors (Lipinski definition) is 8. The number of nitro groups is 1. The number of halogens is 2. The molecule has 0 fully saturated rings. The zero-order valence-electron chi connectivity index (χ0n) is 16.6. The summed E-state index contributed by atoms with van der Waals surface area (Å²) < 4.78 is 43.9. The number of carbonyl (C=O) groups is 2. The van der Waals surface area contributed by atoms with E-state index in [1.54, 1.807) is 0 Å². The van der Waals surface area contributed by atoms with Crippen molar-refractivity contribution in [3.63, 3.8) is 0 Å². The van der Waals surface area contributed by atoms with Crippen LogP contribution in [0.3, 0.4) is 0 Å². The van der Waals surface area contributed by atoms with Crippen LogP contribution in [0.5, 0.6) is 17.2 Å². The molecular formula is C19H18F2N2O8. The number of benzene rings is 2. The number of alkyl halides is 2. The summed E-state index contributed by atoms with van der Waals surface area (Å²) in [5.74, 6) is -1.98. The molecule has 1 atom stereocenters. The van der Waals surface area contributed by atoms with Crippen molar-refractivity contribution in [3.05, 3.63) is 52.1 Å². The first-order chi connectivity index (χ1) is 14.7. The molecule has 0 aliphatic carbocycles. The Morgan fingerprint density at radius 3 is 2.35 bits per heavy atom. The molecule has 1 unspecified atom stereocenters. The monoisotopic (exact) mass is 440 g/mol. The largest absolute Gasteiger partial charge is 0.496 e. The zero-order chi connectivity index (χ0) is 23.1. The molecule has 12 heteroatoms. The van der Waals surface area contributed by atoms with E-state index in [9.17, 15) is 28.5 Å². The van der Waals surface area contributed by atoms with Gasteiger partial charge in [0.2, 0.25) is 0 Å². The standard InChI is InChI=1S/C19H18F2N2O8/c1-10(17(24)22-13-6-5-12(28-2)9-14(13)23(26)27)30-18(25)11-4-7-15(31-19(20)21)16(8-11)29-3/h4-10,19H,1-3H3,(H,22,24). The molecule has 0 spiro atoms. The van der Waals surface area contributed by atoms with Gasteiger partial charge in [-0.1, -0.05) is 0 Å².